The molecule has 0 spiro atoms. The molecule has 1 aliphatic rings. The predicted octanol–water partition coefficient (Wildman–Crippen LogP) is -0.883. The standard InChI is InChI=1S/C3H6O4S.Mg.2H/c4-8(5,6)2-3-1-7-3;;;/h3H,1-2H2,(H,4,5,6);;;/q;+2;2*-1. The molecule has 0 aliphatic carbocycles. The summed E-state index contributed by atoms with van der Waals surface area (Å²) in [5, 5.41) is 0. The van der Waals surface area contributed by atoms with Crippen LogP contribution < -0.4 is 0 Å². The molecule has 0 aromatic rings. The van der Waals surface area contributed by atoms with Crippen molar-refractivity contribution < 1.29 is 20.6 Å². The molecule has 1 aliphatic heterocycles. The maximum atomic E-state index is 9.96. The number of hydrogen-bond acceptors (Lipinski definition) is 3. The quantitative estimate of drug-likeness (QED) is 0.327. The average Bonchev–Trinajstić information content (AvgIpc) is 2.12. The fourth-order valence-electron chi connectivity index (χ4n) is 0.399. The molecular weight excluding hydrogens is 156 g/mol. The number of ether oxygens (including phenoxy) is 1. The number of rotatable bonds is 2. The van der Waals surface area contributed by atoms with Crippen molar-refractivity contribution in [1.82, 2.24) is 0 Å². The van der Waals surface area contributed by atoms with Crippen LogP contribution in [0.5, 0.6) is 0 Å². The van der Waals surface area contributed by atoms with Crippen molar-refractivity contribution >= 4 is 33.2 Å². The van der Waals surface area contributed by atoms with Crippen molar-refractivity contribution in [2.24, 2.45) is 0 Å². The van der Waals surface area contributed by atoms with Crippen LogP contribution in [0.4, 0.5) is 0 Å². The fraction of sp³-hybridized carbons (Fsp3) is 1.00. The molecule has 0 aromatic heterocycles. The average molecular weight is 164 g/mol. The Morgan fingerprint density at radius 1 is 1.78 bits per heavy atom. The maximum Gasteiger partial charge on any atom is 2.00 e. The third kappa shape index (κ3) is 5.10. The van der Waals surface area contributed by atoms with Crippen LogP contribution in [0.3, 0.4) is 0 Å². The van der Waals surface area contributed by atoms with E-state index in [4.69, 9.17) is 4.55 Å². The van der Waals surface area contributed by atoms with Gasteiger partial charge in [0.2, 0.25) is 0 Å². The third-order valence-electron chi connectivity index (χ3n) is 0.799. The van der Waals surface area contributed by atoms with Gasteiger partial charge in [-0.05, 0) is 0 Å². The minimum atomic E-state index is -3.79. The first-order valence-corrected chi connectivity index (χ1v) is 3.75. The van der Waals surface area contributed by atoms with E-state index in [9.17, 15) is 8.42 Å². The second-order valence-corrected chi connectivity index (χ2v) is 3.20. The molecule has 0 bridgehead atoms. The fourth-order valence-corrected chi connectivity index (χ4v) is 1.06. The van der Waals surface area contributed by atoms with Crippen LogP contribution in [-0.4, -0.2) is 54.5 Å². The summed E-state index contributed by atoms with van der Waals surface area (Å²) >= 11 is 0. The smallest absolute Gasteiger partial charge is 1.00 e. The molecule has 0 saturated carbocycles. The first-order valence-electron chi connectivity index (χ1n) is 2.15. The first kappa shape index (κ1) is 9.64. The van der Waals surface area contributed by atoms with Crippen LogP contribution in [0.2, 0.25) is 0 Å². The van der Waals surface area contributed by atoms with Gasteiger partial charge in [0, 0.05) is 0 Å². The summed E-state index contributed by atoms with van der Waals surface area (Å²) in [5.74, 6) is -0.257. The summed E-state index contributed by atoms with van der Waals surface area (Å²) in [6.07, 6.45) is -0.245. The van der Waals surface area contributed by atoms with E-state index in [-0.39, 0.29) is 37.8 Å². The van der Waals surface area contributed by atoms with Crippen molar-refractivity contribution in [1.29, 1.82) is 0 Å². The second kappa shape index (κ2) is 3.15. The van der Waals surface area contributed by atoms with Gasteiger partial charge in [-0.2, -0.15) is 8.42 Å². The molecule has 1 heterocycles. The molecule has 0 amide bonds. The van der Waals surface area contributed by atoms with Gasteiger partial charge in [-0.3, -0.25) is 4.55 Å². The van der Waals surface area contributed by atoms with Crippen molar-refractivity contribution in [2.45, 2.75) is 6.10 Å². The normalized spacial score (nSPS) is 24.8. The van der Waals surface area contributed by atoms with E-state index in [0.29, 0.717) is 6.61 Å². The van der Waals surface area contributed by atoms with Crippen molar-refractivity contribution in [3.8, 4) is 0 Å². The molecule has 0 radical (unpaired) electrons. The Morgan fingerprint density at radius 2 is 2.22 bits per heavy atom. The van der Waals surface area contributed by atoms with Gasteiger partial charge in [0.05, 0.1) is 12.7 Å². The van der Waals surface area contributed by atoms with Gasteiger partial charge in [-0.15, -0.1) is 0 Å². The molecule has 4 nitrogen and oxygen atoms in total. The Bertz CT molecular complexity index is 178. The summed E-state index contributed by atoms with van der Waals surface area (Å²) in [5.41, 5.74) is 0. The minimum absolute atomic E-state index is 0. The van der Waals surface area contributed by atoms with Gasteiger partial charge in [0.25, 0.3) is 10.1 Å². The largest absolute Gasteiger partial charge is 2.00 e. The summed E-state index contributed by atoms with van der Waals surface area (Å²) in [6, 6.07) is 0. The number of hydrogen-bond donors (Lipinski definition) is 1. The molecule has 1 unspecified atom stereocenters. The van der Waals surface area contributed by atoms with Crippen molar-refractivity contribution in [3.05, 3.63) is 0 Å². The van der Waals surface area contributed by atoms with E-state index in [1.165, 1.54) is 0 Å². The van der Waals surface area contributed by atoms with E-state index in [1.54, 1.807) is 0 Å². The topological polar surface area (TPSA) is 66.9 Å². The SMILES string of the molecule is O=S(=O)(O)CC1CO1.[H-].[H-].[Mg+2]. The van der Waals surface area contributed by atoms with E-state index >= 15 is 0 Å². The summed E-state index contributed by atoms with van der Waals surface area (Å²) in [7, 11) is -3.79. The number of epoxide rings is 1. The zero-order valence-electron chi connectivity index (χ0n) is 6.78. The molecule has 9 heavy (non-hydrogen) atoms. The van der Waals surface area contributed by atoms with E-state index in [1.807, 2.05) is 0 Å². The van der Waals surface area contributed by atoms with E-state index < -0.39 is 10.1 Å². The van der Waals surface area contributed by atoms with Crippen LogP contribution in [0.15, 0.2) is 0 Å². The first-order chi connectivity index (χ1) is 3.58. The Kier molecular flexibility index (Phi) is 3.38. The molecule has 6 heteroatoms. The zero-order valence-corrected chi connectivity index (χ0v) is 7.01. The Balaban J connectivity index is -0.000000213. The van der Waals surface area contributed by atoms with Gasteiger partial charge in [0.1, 0.15) is 5.75 Å². The zero-order chi connectivity index (χ0) is 6.20. The third-order valence-corrected chi connectivity index (χ3v) is 1.59. The molecule has 1 atom stereocenters. The van der Waals surface area contributed by atoms with Crippen LogP contribution in [-0.2, 0) is 14.9 Å². The Morgan fingerprint density at radius 3 is 2.33 bits per heavy atom. The van der Waals surface area contributed by atoms with Gasteiger partial charge in [-0.25, -0.2) is 0 Å². The van der Waals surface area contributed by atoms with Crippen molar-refractivity contribution in [2.75, 3.05) is 12.4 Å². The Labute approximate surface area is 72.4 Å². The summed E-state index contributed by atoms with van der Waals surface area (Å²) in [6.45, 7) is 0.458. The molecule has 1 N–H and O–H groups in total. The monoisotopic (exact) mass is 164 g/mol. The van der Waals surface area contributed by atoms with Crippen molar-refractivity contribution in [3.63, 3.8) is 0 Å². The molecule has 1 fully saturated rings. The Hall–Kier alpha value is 0.636. The van der Waals surface area contributed by atoms with Gasteiger partial charge >= 0.3 is 23.1 Å². The summed E-state index contributed by atoms with van der Waals surface area (Å²) < 4.78 is 32.6. The minimum Gasteiger partial charge on any atom is -1.00 e. The molecular formula is C3H8MgO4S. The van der Waals surface area contributed by atoms with Gasteiger partial charge in [0.15, 0.2) is 0 Å². The molecule has 1 saturated heterocycles. The van der Waals surface area contributed by atoms with Crippen LogP contribution in [0.1, 0.15) is 2.85 Å². The van der Waals surface area contributed by atoms with Gasteiger partial charge < -0.3 is 7.59 Å². The van der Waals surface area contributed by atoms with Crippen LogP contribution >= 0.6 is 0 Å². The van der Waals surface area contributed by atoms with Gasteiger partial charge in [-0.1, -0.05) is 0 Å². The van der Waals surface area contributed by atoms with Crippen LogP contribution in [0, 0.1) is 0 Å². The van der Waals surface area contributed by atoms with E-state index in [0.717, 1.165) is 0 Å². The predicted molar refractivity (Wildman–Crippen MR) is 34.1 cm³/mol. The maximum absolute atomic E-state index is 9.96. The second-order valence-electron chi connectivity index (χ2n) is 1.70. The molecule has 52 valence electrons. The van der Waals surface area contributed by atoms with Crippen LogP contribution in [0.25, 0.3) is 0 Å². The van der Waals surface area contributed by atoms with E-state index in [2.05, 4.69) is 4.74 Å². The summed E-state index contributed by atoms with van der Waals surface area (Å²) in [4.78, 5) is 0. The molecule has 0 aromatic carbocycles. The molecule has 1 rings (SSSR count).